The van der Waals surface area contributed by atoms with E-state index in [1.807, 2.05) is 31.2 Å². The van der Waals surface area contributed by atoms with Crippen LogP contribution in [0.1, 0.15) is 18.1 Å². The monoisotopic (exact) mass is 536 g/mol. The Morgan fingerprint density at radius 2 is 1.97 bits per heavy atom. The SMILES string of the molecule is CCNC(=NCc1cccc(NC(=O)Cn2cccn2)c1)NCc1ccccc1F.I. The molecule has 1 amide bonds. The van der Waals surface area contributed by atoms with Gasteiger partial charge in [0.15, 0.2) is 5.96 Å². The molecule has 0 bridgehead atoms. The van der Waals surface area contributed by atoms with Gasteiger partial charge in [-0.3, -0.25) is 9.48 Å². The van der Waals surface area contributed by atoms with Crippen molar-refractivity contribution >= 4 is 41.5 Å². The Morgan fingerprint density at radius 3 is 2.71 bits per heavy atom. The minimum Gasteiger partial charge on any atom is -0.357 e. The highest BCUT2D eigenvalue weighted by Gasteiger charge is 2.05. The first-order valence-corrected chi connectivity index (χ1v) is 9.76. The van der Waals surface area contributed by atoms with Crippen LogP contribution in [-0.4, -0.2) is 28.2 Å². The minimum absolute atomic E-state index is 0. The van der Waals surface area contributed by atoms with Gasteiger partial charge in [0.05, 0.1) is 6.54 Å². The molecule has 0 unspecified atom stereocenters. The number of halogens is 2. The molecule has 0 fully saturated rings. The van der Waals surface area contributed by atoms with Gasteiger partial charge >= 0.3 is 0 Å². The summed E-state index contributed by atoms with van der Waals surface area (Å²) in [5, 5.41) is 13.2. The molecule has 164 valence electrons. The highest BCUT2D eigenvalue weighted by Crippen LogP contribution is 2.12. The quantitative estimate of drug-likeness (QED) is 0.234. The Hall–Kier alpha value is -2.95. The average Bonchev–Trinajstić information content (AvgIpc) is 3.24. The van der Waals surface area contributed by atoms with Gasteiger partial charge in [0, 0.05) is 36.7 Å². The molecule has 2 aromatic carbocycles. The lowest BCUT2D eigenvalue weighted by Crippen LogP contribution is -2.37. The normalized spacial score (nSPS) is 10.8. The van der Waals surface area contributed by atoms with Gasteiger partial charge in [-0.05, 0) is 36.8 Å². The number of benzene rings is 2. The minimum atomic E-state index is -0.251. The van der Waals surface area contributed by atoms with Gasteiger partial charge in [-0.2, -0.15) is 5.10 Å². The Kier molecular flexibility index (Phi) is 9.95. The molecule has 0 aliphatic carbocycles. The number of carbonyl (C=O) groups is 1. The van der Waals surface area contributed by atoms with Crippen molar-refractivity contribution in [2.75, 3.05) is 11.9 Å². The number of carbonyl (C=O) groups excluding carboxylic acids is 1. The molecule has 3 aromatic rings. The van der Waals surface area contributed by atoms with Crippen LogP contribution in [0.3, 0.4) is 0 Å². The molecule has 9 heteroatoms. The zero-order valence-corrected chi connectivity index (χ0v) is 19.5. The van der Waals surface area contributed by atoms with E-state index >= 15 is 0 Å². The summed E-state index contributed by atoms with van der Waals surface area (Å²) in [6, 6.07) is 15.9. The largest absolute Gasteiger partial charge is 0.357 e. The molecule has 1 aromatic heterocycles. The molecule has 0 atom stereocenters. The van der Waals surface area contributed by atoms with Crippen molar-refractivity contribution in [1.29, 1.82) is 0 Å². The van der Waals surface area contributed by atoms with Gasteiger partial charge in [-0.1, -0.05) is 30.3 Å². The van der Waals surface area contributed by atoms with Crippen LogP contribution in [0.4, 0.5) is 10.1 Å². The fraction of sp³-hybridized carbons (Fsp3) is 0.227. The second-order valence-electron chi connectivity index (χ2n) is 6.59. The van der Waals surface area contributed by atoms with Gasteiger partial charge in [-0.15, -0.1) is 24.0 Å². The van der Waals surface area contributed by atoms with Crippen molar-refractivity contribution in [2.24, 2.45) is 4.99 Å². The van der Waals surface area contributed by atoms with E-state index in [1.54, 1.807) is 41.3 Å². The summed E-state index contributed by atoms with van der Waals surface area (Å²) in [4.78, 5) is 16.7. The number of anilines is 1. The van der Waals surface area contributed by atoms with Crippen LogP contribution in [-0.2, 0) is 24.4 Å². The lowest BCUT2D eigenvalue weighted by molar-refractivity contribution is -0.116. The highest BCUT2D eigenvalue weighted by molar-refractivity contribution is 14.0. The van der Waals surface area contributed by atoms with Crippen LogP contribution in [0.5, 0.6) is 0 Å². The summed E-state index contributed by atoms with van der Waals surface area (Å²) >= 11 is 0. The summed E-state index contributed by atoms with van der Waals surface area (Å²) in [7, 11) is 0. The number of hydrogen-bond donors (Lipinski definition) is 3. The number of hydrogen-bond acceptors (Lipinski definition) is 3. The van der Waals surface area contributed by atoms with Crippen molar-refractivity contribution in [2.45, 2.75) is 26.6 Å². The Morgan fingerprint density at radius 1 is 1.13 bits per heavy atom. The average molecular weight is 536 g/mol. The fourth-order valence-corrected chi connectivity index (χ4v) is 2.82. The van der Waals surface area contributed by atoms with Crippen LogP contribution in [0.15, 0.2) is 72.0 Å². The molecule has 0 saturated heterocycles. The van der Waals surface area contributed by atoms with Crippen molar-refractivity contribution in [3.63, 3.8) is 0 Å². The van der Waals surface area contributed by atoms with E-state index in [0.29, 0.717) is 36.8 Å². The summed E-state index contributed by atoms with van der Waals surface area (Å²) in [6.07, 6.45) is 3.37. The Bertz CT molecular complexity index is 993. The van der Waals surface area contributed by atoms with E-state index in [-0.39, 0.29) is 42.2 Å². The lowest BCUT2D eigenvalue weighted by atomic mass is 10.2. The maximum absolute atomic E-state index is 13.8. The third-order valence-electron chi connectivity index (χ3n) is 4.24. The molecule has 7 nitrogen and oxygen atoms in total. The predicted octanol–water partition coefficient (Wildman–Crippen LogP) is 3.53. The molecular weight excluding hydrogens is 510 g/mol. The van der Waals surface area contributed by atoms with Crippen LogP contribution >= 0.6 is 24.0 Å². The number of nitrogens with zero attached hydrogens (tertiary/aromatic N) is 3. The standard InChI is InChI=1S/C22H25FN6O.HI/c1-2-24-22(26-15-18-8-3-4-10-20(18)23)25-14-17-7-5-9-19(13-17)28-21(30)16-29-12-6-11-27-29;/h3-13H,2,14-16H2,1H3,(H,28,30)(H2,24,25,26);1H. The molecule has 0 aliphatic rings. The van der Waals surface area contributed by atoms with Gasteiger partial charge in [0.2, 0.25) is 5.91 Å². The second-order valence-corrected chi connectivity index (χ2v) is 6.59. The lowest BCUT2D eigenvalue weighted by Gasteiger charge is -2.12. The van der Waals surface area contributed by atoms with Crippen LogP contribution < -0.4 is 16.0 Å². The van der Waals surface area contributed by atoms with Gasteiger partial charge in [-0.25, -0.2) is 9.38 Å². The number of guanidine groups is 1. The topological polar surface area (TPSA) is 83.3 Å². The van der Waals surface area contributed by atoms with E-state index in [4.69, 9.17) is 0 Å². The molecule has 0 aliphatic heterocycles. The molecular formula is C22H26FIN6O. The van der Waals surface area contributed by atoms with E-state index in [2.05, 4.69) is 26.0 Å². The Labute approximate surface area is 198 Å². The Balaban J connectivity index is 0.00000341. The molecule has 0 saturated carbocycles. The van der Waals surface area contributed by atoms with E-state index in [1.165, 1.54) is 6.07 Å². The summed E-state index contributed by atoms with van der Waals surface area (Å²) in [5.41, 5.74) is 2.21. The first kappa shape index (κ1) is 24.3. The van der Waals surface area contributed by atoms with Gasteiger partial charge in [0.25, 0.3) is 0 Å². The van der Waals surface area contributed by atoms with E-state index in [0.717, 1.165) is 5.56 Å². The van der Waals surface area contributed by atoms with Crippen LogP contribution in [0.25, 0.3) is 0 Å². The first-order chi connectivity index (χ1) is 14.6. The maximum atomic E-state index is 13.8. The van der Waals surface area contributed by atoms with E-state index in [9.17, 15) is 9.18 Å². The molecule has 3 N–H and O–H groups in total. The summed E-state index contributed by atoms with van der Waals surface area (Å²) in [6.45, 7) is 3.56. The first-order valence-electron chi connectivity index (χ1n) is 9.76. The number of rotatable bonds is 8. The van der Waals surface area contributed by atoms with Crippen molar-refractivity contribution < 1.29 is 9.18 Å². The van der Waals surface area contributed by atoms with Gasteiger partial charge < -0.3 is 16.0 Å². The smallest absolute Gasteiger partial charge is 0.246 e. The third kappa shape index (κ3) is 8.00. The maximum Gasteiger partial charge on any atom is 0.246 e. The zero-order chi connectivity index (χ0) is 21.2. The highest BCUT2D eigenvalue weighted by atomic mass is 127. The predicted molar refractivity (Wildman–Crippen MR) is 131 cm³/mol. The van der Waals surface area contributed by atoms with Crippen LogP contribution in [0.2, 0.25) is 0 Å². The zero-order valence-electron chi connectivity index (χ0n) is 17.2. The second kappa shape index (κ2) is 12.7. The number of aliphatic imine (C=N–C) groups is 1. The summed E-state index contributed by atoms with van der Waals surface area (Å²) in [5.74, 6) is 0.188. The number of nitrogens with one attached hydrogen (secondary N) is 3. The van der Waals surface area contributed by atoms with Gasteiger partial charge in [0.1, 0.15) is 12.4 Å². The van der Waals surface area contributed by atoms with Crippen molar-refractivity contribution in [3.8, 4) is 0 Å². The molecule has 3 rings (SSSR count). The fourth-order valence-electron chi connectivity index (χ4n) is 2.82. The molecule has 0 radical (unpaired) electrons. The number of amides is 1. The van der Waals surface area contributed by atoms with Crippen LogP contribution in [0, 0.1) is 5.82 Å². The van der Waals surface area contributed by atoms with E-state index < -0.39 is 0 Å². The molecule has 31 heavy (non-hydrogen) atoms. The van der Waals surface area contributed by atoms with Crippen molar-refractivity contribution in [3.05, 3.63) is 83.9 Å². The third-order valence-corrected chi connectivity index (χ3v) is 4.24. The number of aromatic nitrogens is 2. The molecule has 0 spiro atoms. The van der Waals surface area contributed by atoms with Crippen molar-refractivity contribution in [1.82, 2.24) is 20.4 Å². The summed E-state index contributed by atoms with van der Waals surface area (Å²) < 4.78 is 15.4. The molecule has 1 heterocycles.